The molecule has 13 heavy (non-hydrogen) atoms. The quantitative estimate of drug-likeness (QED) is 0.585. The van der Waals surface area contributed by atoms with Crippen molar-refractivity contribution in [2.24, 2.45) is 0 Å². The van der Waals surface area contributed by atoms with Gasteiger partial charge in [-0.2, -0.15) is 0 Å². The van der Waals surface area contributed by atoms with Gasteiger partial charge in [-0.25, -0.2) is 0 Å². The molecular formula is C7H8I2O3S. The molecule has 0 fully saturated rings. The summed E-state index contributed by atoms with van der Waals surface area (Å²) in [5, 5.41) is 0. The van der Waals surface area contributed by atoms with E-state index >= 15 is 0 Å². The van der Waals surface area contributed by atoms with Crippen molar-refractivity contribution in [3.8, 4) is 0 Å². The van der Waals surface area contributed by atoms with Crippen LogP contribution in [0.5, 0.6) is 0 Å². The number of hydrogen-bond donors (Lipinski definition) is 1. The predicted molar refractivity (Wildman–Crippen MR) is 68.6 cm³/mol. The zero-order valence-electron chi connectivity index (χ0n) is 6.74. The van der Waals surface area contributed by atoms with Gasteiger partial charge in [-0.15, -0.1) is 0 Å². The zero-order chi connectivity index (χ0) is 10.1. The molecule has 1 aromatic rings. The molecule has 0 spiro atoms. The molecule has 6 heteroatoms. The molecule has 1 N–H and O–H groups in total. The Labute approximate surface area is 93.0 Å². The maximum atomic E-state index is 11.5. The number of hydrogen-bond acceptors (Lipinski definition) is 3. The van der Waals surface area contributed by atoms with Crippen LogP contribution >= 0.6 is 33.5 Å². The molecule has 0 saturated carbocycles. The summed E-state index contributed by atoms with van der Waals surface area (Å²) in [6.07, 6.45) is 0. The van der Waals surface area contributed by atoms with Crippen LogP contribution in [0.3, 0.4) is 0 Å². The summed E-state index contributed by atoms with van der Waals surface area (Å²) in [5.41, 5.74) is 1.01. The summed E-state index contributed by atoms with van der Waals surface area (Å²) < 4.78 is 32.1. The van der Waals surface area contributed by atoms with E-state index in [0.29, 0.717) is 0 Å². The van der Waals surface area contributed by atoms with Gasteiger partial charge in [0.05, 0.1) is 0 Å². The van der Waals surface area contributed by atoms with Gasteiger partial charge in [-0.05, 0) is 0 Å². The van der Waals surface area contributed by atoms with E-state index in [1.807, 2.05) is 6.92 Å². The summed E-state index contributed by atoms with van der Waals surface area (Å²) in [6, 6.07) is 6.51. The molecule has 0 amide bonds. The first-order chi connectivity index (χ1) is 5.94. The molecule has 0 unspecified atom stereocenters. The number of rotatable bonds is 2. The molecule has 0 heterocycles. The average molecular weight is 426 g/mol. The second kappa shape index (κ2) is 4.41. The van der Waals surface area contributed by atoms with Gasteiger partial charge < -0.3 is 0 Å². The Morgan fingerprint density at radius 3 is 2.15 bits per heavy atom. The van der Waals surface area contributed by atoms with Gasteiger partial charge in [0.25, 0.3) is 0 Å². The van der Waals surface area contributed by atoms with Gasteiger partial charge in [0.15, 0.2) is 0 Å². The number of halogens is 2. The molecule has 0 saturated heterocycles. The van der Waals surface area contributed by atoms with Crippen LogP contribution in [0.15, 0.2) is 29.2 Å². The minimum atomic E-state index is -3.39. The molecule has 0 aliphatic rings. The van der Waals surface area contributed by atoms with Gasteiger partial charge in [0.1, 0.15) is 0 Å². The van der Waals surface area contributed by atoms with E-state index in [-0.39, 0.29) is 4.90 Å². The van der Waals surface area contributed by atoms with Crippen LogP contribution in [-0.4, -0.2) is 11.9 Å². The van der Waals surface area contributed by atoms with Crippen molar-refractivity contribution in [1.29, 1.82) is 0 Å². The second-order valence-electron chi connectivity index (χ2n) is 2.44. The summed E-state index contributed by atoms with van der Waals surface area (Å²) in [5.74, 6) is 0. The van der Waals surface area contributed by atoms with Gasteiger partial charge >= 0.3 is 94.0 Å². The van der Waals surface area contributed by atoms with Crippen LogP contribution in [0.1, 0.15) is 5.56 Å². The van der Waals surface area contributed by atoms with Crippen LogP contribution in [0, 0.1) is 6.92 Å². The molecular weight excluding hydrogens is 418 g/mol. The second-order valence-corrected chi connectivity index (χ2v) is 19.2. The monoisotopic (exact) mass is 426 g/mol. The standard InChI is InChI=1S/C7H8I2O3S/c1-6-2-4-7(5-3-6)13(11,12)9(8)10/h2-5,10H,1H3. The topological polar surface area (TPSA) is 54.4 Å². The molecule has 74 valence electrons. The van der Waals surface area contributed by atoms with Gasteiger partial charge in [0, 0.05) is 0 Å². The van der Waals surface area contributed by atoms with E-state index in [9.17, 15) is 8.42 Å². The molecule has 3 nitrogen and oxygen atoms in total. The normalized spacial score (nSPS) is 12.7. The van der Waals surface area contributed by atoms with E-state index in [1.165, 1.54) is 12.1 Å². The Bertz CT molecular complexity index is 383. The van der Waals surface area contributed by atoms with Crippen molar-refractivity contribution in [3.05, 3.63) is 29.8 Å². The van der Waals surface area contributed by atoms with Crippen molar-refractivity contribution in [1.82, 2.24) is 0 Å². The molecule has 0 atom stereocenters. The van der Waals surface area contributed by atoms with Crippen LogP contribution in [0.25, 0.3) is 0 Å². The van der Waals surface area contributed by atoms with Gasteiger partial charge in [-0.3, -0.25) is 0 Å². The molecule has 0 aliphatic heterocycles. The molecule has 0 aromatic heterocycles. The van der Waals surface area contributed by atoms with E-state index in [2.05, 4.69) is 0 Å². The molecule has 0 radical (unpaired) electrons. The maximum absolute atomic E-state index is 11.5. The first-order valence-electron chi connectivity index (χ1n) is 3.33. The third-order valence-corrected chi connectivity index (χ3v) is 15.9. The van der Waals surface area contributed by atoms with Crippen LogP contribution in [0.2, 0.25) is 0 Å². The van der Waals surface area contributed by atoms with Crippen LogP contribution in [-0.2, 0) is 7.01 Å². The van der Waals surface area contributed by atoms with E-state index in [1.54, 1.807) is 30.7 Å². The molecule has 0 aliphatic carbocycles. The summed E-state index contributed by atoms with van der Waals surface area (Å²) in [7, 11) is -3.39. The first-order valence-corrected chi connectivity index (χ1v) is 14.6. The van der Waals surface area contributed by atoms with Crippen molar-refractivity contribution in [2.45, 2.75) is 11.8 Å². The molecule has 0 bridgehead atoms. The van der Waals surface area contributed by atoms with Crippen molar-refractivity contribution >= 4 is 40.5 Å². The number of benzene rings is 1. The van der Waals surface area contributed by atoms with E-state index in [0.717, 1.165) is 5.56 Å². The Hall–Kier alpha value is 0.590. The van der Waals surface area contributed by atoms with Crippen LogP contribution < -0.4 is 0 Å². The Morgan fingerprint density at radius 2 is 1.77 bits per heavy atom. The van der Waals surface area contributed by atoms with E-state index in [4.69, 9.17) is 3.44 Å². The minimum absolute atomic E-state index is 0.222. The first kappa shape index (κ1) is 11.7. The zero-order valence-corrected chi connectivity index (χ0v) is 11.9. The third-order valence-electron chi connectivity index (χ3n) is 1.47. The number of aryl methyl sites for hydroxylation is 1. The fourth-order valence-corrected chi connectivity index (χ4v) is 7.39. The SMILES string of the molecule is Cc1ccc(S(=O)(=O)I(O)I)cc1. The summed E-state index contributed by atoms with van der Waals surface area (Å²) in [6.45, 7) is 1.88. The van der Waals surface area contributed by atoms with Gasteiger partial charge in [-0.1, -0.05) is 0 Å². The van der Waals surface area contributed by atoms with E-state index < -0.39 is 21.9 Å². The Balaban J connectivity index is 3.17. The van der Waals surface area contributed by atoms with Crippen molar-refractivity contribution < 1.29 is 11.9 Å². The summed E-state index contributed by atoms with van der Waals surface area (Å²) in [4.78, 5) is 0.222. The Kier molecular flexibility index (Phi) is 3.95. The van der Waals surface area contributed by atoms with Crippen LogP contribution in [0.4, 0.5) is 0 Å². The van der Waals surface area contributed by atoms with Crippen molar-refractivity contribution in [2.75, 3.05) is 0 Å². The third kappa shape index (κ3) is 2.77. The Morgan fingerprint density at radius 1 is 1.31 bits per heavy atom. The average Bonchev–Trinajstić information content (AvgIpc) is 2.04. The fourth-order valence-electron chi connectivity index (χ4n) is 0.774. The predicted octanol–water partition coefficient (Wildman–Crippen LogP) is 2.45. The molecule has 1 aromatic carbocycles. The summed E-state index contributed by atoms with van der Waals surface area (Å²) >= 11 is -1.22. The van der Waals surface area contributed by atoms with Crippen molar-refractivity contribution in [3.63, 3.8) is 0 Å². The fraction of sp³-hybridized carbons (Fsp3) is 0.143. The van der Waals surface area contributed by atoms with Gasteiger partial charge in [0.2, 0.25) is 0 Å². The molecule has 1 rings (SSSR count).